The fraction of sp³-hybridized carbons (Fsp3) is 0. The molecule has 0 saturated heterocycles. The van der Waals surface area contributed by atoms with Crippen LogP contribution in [0.2, 0.25) is 0 Å². The maximum Gasteiger partial charge on any atom is 0.164 e. The van der Waals surface area contributed by atoms with Gasteiger partial charge in [0.15, 0.2) is 17.5 Å². The van der Waals surface area contributed by atoms with Gasteiger partial charge in [-0.3, -0.25) is 0 Å². The molecule has 0 amide bonds. The molecule has 0 aliphatic carbocycles. The number of fused-ring (bicyclic) bond motifs is 6. The molecule has 2 heterocycles. The number of aromatic nitrogens is 4. The van der Waals surface area contributed by atoms with Crippen LogP contribution in [0.1, 0.15) is 0 Å². The molecule has 0 radical (unpaired) electrons. The number of nitrogens with zero attached hydrogens (tertiary/aromatic N) is 4. The third-order valence-corrected chi connectivity index (χ3v) is 12.0. The predicted octanol–water partition coefficient (Wildman–Crippen LogP) is 14.8. The van der Waals surface area contributed by atoms with E-state index in [0.29, 0.717) is 17.5 Å². The van der Waals surface area contributed by atoms with Crippen LogP contribution in [0.5, 0.6) is 0 Å². The minimum Gasteiger partial charge on any atom is -0.309 e. The first-order valence-corrected chi connectivity index (χ1v) is 20.7. The van der Waals surface area contributed by atoms with E-state index in [9.17, 15) is 0 Å². The van der Waals surface area contributed by atoms with Crippen LogP contribution in [0, 0.1) is 0 Å². The standard InChI is InChI=1S/C57H36N4/c1-2-11-41(12-3-1)55-58-56(60-57(59-55)43-25-20-40(21-26-43)49-27-22-37-10-4-5-13-44(37)32-49)42-23-18-38(19-24-42)39-28-30-50(31-29-39)61-53-35-47-16-8-6-14-45(47)33-51(53)52-34-46-15-7-9-17-48(46)36-54(52)61/h1-36H. The van der Waals surface area contributed by atoms with Gasteiger partial charge in [-0.25, -0.2) is 15.0 Å². The van der Waals surface area contributed by atoms with Crippen molar-refractivity contribution in [2.24, 2.45) is 0 Å². The molecule has 12 aromatic rings. The highest BCUT2D eigenvalue weighted by Crippen LogP contribution is 2.38. The van der Waals surface area contributed by atoms with Gasteiger partial charge in [-0.15, -0.1) is 0 Å². The molecule has 0 atom stereocenters. The van der Waals surface area contributed by atoms with Crippen molar-refractivity contribution < 1.29 is 0 Å². The Kier molecular flexibility index (Phi) is 8.13. The molecule has 0 bridgehead atoms. The Morgan fingerprint density at radius 1 is 0.246 bits per heavy atom. The van der Waals surface area contributed by atoms with E-state index in [-0.39, 0.29) is 0 Å². The fourth-order valence-electron chi connectivity index (χ4n) is 8.81. The van der Waals surface area contributed by atoms with Crippen molar-refractivity contribution in [1.82, 2.24) is 19.5 Å². The smallest absolute Gasteiger partial charge is 0.164 e. The molecule has 61 heavy (non-hydrogen) atoms. The van der Waals surface area contributed by atoms with Gasteiger partial charge < -0.3 is 4.57 Å². The van der Waals surface area contributed by atoms with Gasteiger partial charge >= 0.3 is 0 Å². The average molecular weight is 777 g/mol. The zero-order valence-electron chi connectivity index (χ0n) is 33.1. The molecule has 0 N–H and O–H groups in total. The molecular formula is C57H36N4. The summed E-state index contributed by atoms with van der Waals surface area (Å²) in [6.45, 7) is 0. The topological polar surface area (TPSA) is 43.6 Å². The van der Waals surface area contributed by atoms with Crippen molar-refractivity contribution in [2.75, 3.05) is 0 Å². The van der Waals surface area contributed by atoms with Crippen LogP contribution in [0.4, 0.5) is 0 Å². The SMILES string of the molecule is c1ccc(-c2nc(-c3ccc(-c4ccc(-n5c6cc7ccccc7cc6c6cc7ccccc7cc65)cc4)cc3)nc(-c3ccc(-c4ccc5ccccc5c4)cc3)n2)cc1. The monoisotopic (exact) mass is 776 g/mol. The van der Waals surface area contributed by atoms with Crippen LogP contribution in [0.25, 0.3) is 116 Å². The summed E-state index contributed by atoms with van der Waals surface area (Å²) in [5, 5.41) is 9.94. The van der Waals surface area contributed by atoms with E-state index >= 15 is 0 Å². The second-order valence-electron chi connectivity index (χ2n) is 15.7. The average Bonchev–Trinajstić information content (AvgIpc) is 3.64. The Bertz CT molecular complexity index is 3510. The van der Waals surface area contributed by atoms with Gasteiger partial charge in [0.05, 0.1) is 11.0 Å². The van der Waals surface area contributed by atoms with Crippen molar-refractivity contribution in [3.8, 4) is 62.1 Å². The molecule has 0 spiro atoms. The van der Waals surface area contributed by atoms with Gasteiger partial charge in [0.2, 0.25) is 0 Å². The third-order valence-electron chi connectivity index (χ3n) is 12.0. The Balaban J connectivity index is 0.889. The van der Waals surface area contributed by atoms with Crippen LogP contribution in [0.15, 0.2) is 218 Å². The van der Waals surface area contributed by atoms with E-state index < -0.39 is 0 Å². The van der Waals surface area contributed by atoms with E-state index in [0.717, 1.165) is 39.1 Å². The zero-order valence-corrected chi connectivity index (χ0v) is 33.1. The van der Waals surface area contributed by atoms with Crippen molar-refractivity contribution in [3.05, 3.63) is 218 Å². The van der Waals surface area contributed by atoms with E-state index in [2.05, 4.69) is 193 Å². The Hall–Kier alpha value is -8.21. The molecule has 2 aromatic heterocycles. The lowest BCUT2D eigenvalue weighted by atomic mass is 10.00. The molecule has 0 aliphatic rings. The largest absolute Gasteiger partial charge is 0.309 e. The highest BCUT2D eigenvalue weighted by molar-refractivity contribution is 6.16. The van der Waals surface area contributed by atoms with Gasteiger partial charge in [0.1, 0.15) is 0 Å². The van der Waals surface area contributed by atoms with Gasteiger partial charge in [-0.1, -0.05) is 176 Å². The molecule has 284 valence electrons. The fourth-order valence-corrected chi connectivity index (χ4v) is 8.81. The first kappa shape index (κ1) is 34.8. The van der Waals surface area contributed by atoms with Gasteiger partial charge in [-0.2, -0.15) is 0 Å². The van der Waals surface area contributed by atoms with E-state index in [1.54, 1.807) is 0 Å². The molecule has 0 fully saturated rings. The molecule has 12 rings (SSSR count). The summed E-state index contributed by atoms with van der Waals surface area (Å²) in [5.41, 5.74) is 10.9. The van der Waals surface area contributed by atoms with Crippen molar-refractivity contribution in [3.63, 3.8) is 0 Å². The summed E-state index contributed by atoms with van der Waals surface area (Å²) >= 11 is 0. The summed E-state index contributed by atoms with van der Waals surface area (Å²) in [5.74, 6) is 1.92. The minimum absolute atomic E-state index is 0.635. The van der Waals surface area contributed by atoms with Crippen molar-refractivity contribution in [2.45, 2.75) is 0 Å². The molecular weight excluding hydrogens is 741 g/mol. The maximum atomic E-state index is 5.05. The first-order chi connectivity index (χ1) is 30.2. The Morgan fingerprint density at radius 2 is 0.590 bits per heavy atom. The number of hydrogen-bond donors (Lipinski definition) is 0. The Morgan fingerprint density at radius 3 is 1.08 bits per heavy atom. The molecule has 4 nitrogen and oxygen atoms in total. The zero-order chi connectivity index (χ0) is 40.3. The lowest BCUT2D eigenvalue weighted by Gasteiger charge is -2.11. The van der Waals surface area contributed by atoms with Crippen LogP contribution < -0.4 is 0 Å². The van der Waals surface area contributed by atoms with E-state index in [1.165, 1.54) is 59.7 Å². The normalized spacial score (nSPS) is 11.6. The third kappa shape index (κ3) is 6.21. The Labute approximate surface area is 352 Å². The van der Waals surface area contributed by atoms with E-state index in [1.807, 2.05) is 30.3 Å². The number of hydrogen-bond acceptors (Lipinski definition) is 3. The van der Waals surface area contributed by atoms with Gasteiger partial charge in [-0.05, 0) is 97.0 Å². The summed E-state index contributed by atoms with van der Waals surface area (Å²) in [6.07, 6.45) is 0. The summed E-state index contributed by atoms with van der Waals surface area (Å²) < 4.78 is 2.41. The van der Waals surface area contributed by atoms with Gasteiger partial charge in [0, 0.05) is 33.2 Å². The predicted molar refractivity (Wildman–Crippen MR) is 254 cm³/mol. The second kappa shape index (κ2) is 14.3. The second-order valence-corrected chi connectivity index (χ2v) is 15.7. The summed E-state index contributed by atoms with van der Waals surface area (Å²) in [7, 11) is 0. The lowest BCUT2D eigenvalue weighted by Crippen LogP contribution is -2.00. The molecule has 4 heteroatoms. The molecule has 0 saturated carbocycles. The van der Waals surface area contributed by atoms with Crippen molar-refractivity contribution in [1.29, 1.82) is 0 Å². The number of benzene rings is 10. The van der Waals surface area contributed by atoms with Crippen LogP contribution in [-0.4, -0.2) is 19.5 Å². The quantitative estimate of drug-likeness (QED) is 0.169. The van der Waals surface area contributed by atoms with Gasteiger partial charge in [0.25, 0.3) is 0 Å². The minimum atomic E-state index is 0.635. The number of rotatable bonds is 6. The highest BCUT2D eigenvalue weighted by atomic mass is 15.0. The van der Waals surface area contributed by atoms with Crippen LogP contribution in [0.3, 0.4) is 0 Å². The molecule has 10 aromatic carbocycles. The van der Waals surface area contributed by atoms with Crippen LogP contribution in [-0.2, 0) is 0 Å². The highest BCUT2D eigenvalue weighted by Gasteiger charge is 2.16. The molecule has 0 unspecified atom stereocenters. The van der Waals surface area contributed by atoms with Crippen LogP contribution >= 0.6 is 0 Å². The van der Waals surface area contributed by atoms with E-state index in [4.69, 9.17) is 15.0 Å². The maximum absolute atomic E-state index is 5.05. The summed E-state index contributed by atoms with van der Waals surface area (Å²) in [4.78, 5) is 15.0. The lowest BCUT2D eigenvalue weighted by molar-refractivity contribution is 1.07. The molecule has 0 aliphatic heterocycles. The first-order valence-electron chi connectivity index (χ1n) is 20.7. The summed E-state index contributed by atoms with van der Waals surface area (Å²) in [6, 6.07) is 77.8. The van der Waals surface area contributed by atoms with Crippen molar-refractivity contribution >= 4 is 54.1 Å².